The minimum absolute atomic E-state index is 0.185. The molecule has 12 aromatic heterocycles. The molecule has 2 amide bonds. The molecule has 4 aliphatic heterocycles. The van der Waals surface area contributed by atoms with E-state index < -0.39 is 0 Å². The van der Waals surface area contributed by atoms with Crippen LogP contribution in [0.5, 0.6) is 0 Å². The quantitative estimate of drug-likeness (QED) is 0.0474. The highest BCUT2D eigenvalue weighted by Crippen LogP contribution is 2.42. The van der Waals surface area contributed by atoms with Gasteiger partial charge in [0, 0.05) is 142 Å². The zero-order chi connectivity index (χ0) is 101. The lowest BCUT2D eigenvalue weighted by Crippen LogP contribution is -2.42. The number of hydrogen-bond donors (Lipinski definition) is 5. The first-order valence-electron chi connectivity index (χ1n) is 52.3. The lowest BCUT2D eigenvalue weighted by Gasteiger charge is -2.32. The third-order valence-electron chi connectivity index (χ3n) is 29.9. The number of anilines is 4. The maximum atomic E-state index is 12.7. The molecule has 149 heavy (non-hydrogen) atoms. The van der Waals surface area contributed by atoms with Gasteiger partial charge in [0.25, 0.3) is 0 Å². The molecule has 24 heteroatoms. The maximum absolute atomic E-state index is 12.7. The number of imidazole rings is 4. The number of carbonyl (C=O) groups is 2. The molecule has 9 N–H and O–H groups in total. The molecule has 0 bridgehead atoms. The molecule has 0 radical (unpaired) electrons. The average Bonchev–Trinajstić information content (AvgIpc) is 1.64. The highest BCUT2D eigenvalue weighted by atomic mass is 16.6. The summed E-state index contributed by atoms with van der Waals surface area (Å²) in [7, 11) is 3.86. The van der Waals surface area contributed by atoms with Crippen LogP contribution in [0.25, 0.3) is 156 Å². The van der Waals surface area contributed by atoms with Gasteiger partial charge in [-0.2, -0.15) is 0 Å². The second kappa shape index (κ2) is 43.9. The van der Waals surface area contributed by atoms with Crippen molar-refractivity contribution in [2.45, 2.75) is 90.1 Å². The number of likely N-dealkylation sites (N-methyl/N-ethyl adjacent to an activating group) is 1. The summed E-state index contributed by atoms with van der Waals surface area (Å²) < 4.78 is 14.2. The minimum atomic E-state index is -0.246. The Morgan fingerprint density at radius 1 is 0.336 bits per heavy atom. The normalized spacial score (nSPS) is 14.6. The number of amides is 2. The van der Waals surface area contributed by atoms with Crippen LogP contribution in [0.4, 0.5) is 27.5 Å². The molecule has 0 atom stereocenters. The van der Waals surface area contributed by atoms with Crippen molar-refractivity contribution >= 4 is 100 Å². The number of rotatable bonds is 20. The summed E-state index contributed by atoms with van der Waals surface area (Å²) in [5.74, 6) is 6.33. The van der Waals surface area contributed by atoms with Crippen LogP contribution in [0, 0.1) is 17.8 Å². The summed E-state index contributed by atoms with van der Waals surface area (Å²) in [6.45, 7) is 11.5. The van der Waals surface area contributed by atoms with Gasteiger partial charge in [0.2, 0.25) is 5.91 Å². The van der Waals surface area contributed by atoms with E-state index in [2.05, 4.69) is 217 Å². The van der Waals surface area contributed by atoms with Crippen LogP contribution in [0.3, 0.4) is 0 Å². The van der Waals surface area contributed by atoms with E-state index in [4.69, 9.17) is 67.5 Å². The van der Waals surface area contributed by atoms with Gasteiger partial charge in [-0.15, -0.1) is 0 Å². The zero-order valence-electron chi connectivity index (χ0n) is 84.5. The van der Waals surface area contributed by atoms with Crippen LogP contribution in [-0.4, -0.2) is 169 Å². The molecule has 0 spiro atoms. The molecule has 0 saturated carbocycles. The van der Waals surface area contributed by atoms with Crippen LogP contribution < -0.4 is 28.3 Å². The third kappa shape index (κ3) is 21.4. The van der Waals surface area contributed by atoms with E-state index in [0.29, 0.717) is 55.4 Å². The summed E-state index contributed by atoms with van der Waals surface area (Å²) >= 11 is 0. The van der Waals surface area contributed by atoms with Crippen LogP contribution in [0.15, 0.2) is 346 Å². The Morgan fingerprint density at radius 2 is 0.651 bits per heavy atom. The first-order chi connectivity index (χ1) is 73.0. The molecule has 16 heterocycles. The van der Waals surface area contributed by atoms with E-state index in [1.165, 1.54) is 38.8 Å². The Balaban J connectivity index is 0.000000113. The predicted molar refractivity (Wildman–Crippen MR) is 603 cm³/mol. The van der Waals surface area contributed by atoms with Gasteiger partial charge in [0.15, 0.2) is 0 Å². The molecule has 9 aromatic carbocycles. The Hall–Kier alpha value is -16.8. The van der Waals surface area contributed by atoms with Crippen LogP contribution in [0.2, 0.25) is 0 Å². The number of piperidine rings is 4. The molecule has 4 aliphatic rings. The van der Waals surface area contributed by atoms with Gasteiger partial charge in [-0.3, -0.25) is 4.79 Å². The number of ether oxygens (including phenoxy) is 1. The second-order valence-corrected chi connectivity index (χ2v) is 40.1. The van der Waals surface area contributed by atoms with Crippen molar-refractivity contribution in [2.75, 3.05) is 102 Å². The van der Waals surface area contributed by atoms with Crippen molar-refractivity contribution in [3.8, 4) is 90.1 Å². The Bertz CT molecular complexity index is 8370. The second-order valence-electron chi connectivity index (χ2n) is 40.1. The lowest BCUT2D eigenvalue weighted by molar-refractivity contribution is -0.132. The Morgan fingerprint density at radius 3 is 1.01 bits per heavy atom. The summed E-state index contributed by atoms with van der Waals surface area (Å²) in [4.78, 5) is 74.1. The first kappa shape index (κ1) is 97.0. The lowest BCUT2D eigenvalue weighted by atomic mass is 9.93. The van der Waals surface area contributed by atoms with Gasteiger partial charge >= 0.3 is 6.09 Å². The van der Waals surface area contributed by atoms with Gasteiger partial charge in [-0.05, 0) is 219 Å². The van der Waals surface area contributed by atoms with E-state index in [1.807, 2.05) is 193 Å². The SMILES string of the molecule is CCN1CCC(Cc2nc(-c3ccc4ccc(-c5ccccc5)nc4c3)c3c(N)cccn23)CC1.CN(C)CC(=O)N1CCC(c2nc(-c3ccc4ccc(-c5ccccc5)nc4c3)c3c(N)cccn23)CC1.Nc1cccn2c(CC3CCN(C(=O)OCc4ccccc4)CC3)nc(-c3ccc4ccc(-c5ccccc5)nc4c3)c12.Nc1cccn2c(CC3CCNCC3)nc(-c3ccc4ccc(-c5ccccc5)nc4c3)c12. The van der Waals surface area contributed by atoms with Gasteiger partial charge < -0.3 is 70.2 Å². The van der Waals surface area contributed by atoms with E-state index in [9.17, 15) is 9.59 Å². The molecular formula is C125H123N21O3. The topological polar surface area (TPSA) is 293 Å². The van der Waals surface area contributed by atoms with E-state index in [-0.39, 0.29) is 17.9 Å². The summed E-state index contributed by atoms with van der Waals surface area (Å²) in [6, 6.07) is 109. The molecular weight excluding hydrogens is 1840 g/mol. The van der Waals surface area contributed by atoms with Crippen molar-refractivity contribution in [2.24, 2.45) is 17.8 Å². The fourth-order valence-electron chi connectivity index (χ4n) is 21.8. The van der Waals surface area contributed by atoms with Gasteiger partial charge in [-0.1, -0.05) is 231 Å². The number of fused-ring (bicyclic) bond motifs is 8. The van der Waals surface area contributed by atoms with E-state index >= 15 is 0 Å². The fourth-order valence-corrected chi connectivity index (χ4v) is 21.8. The van der Waals surface area contributed by atoms with Gasteiger partial charge in [-0.25, -0.2) is 44.7 Å². The van der Waals surface area contributed by atoms with Crippen LogP contribution in [-0.2, 0) is 35.4 Å². The van der Waals surface area contributed by atoms with Crippen molar-refractivity contribution in [3.63, 3.8) is 0 Å². The number of nitrogens with zero attached hydrogens (tertiary/aromatic N) is 16. The summed E-state index contributed by atoms with van der Waals surface area (Å²) in [6.07, 6.45) is 19.2. The predicted octanol–water partition coefficient (Wildman–Crippen LogP) is 23.9. The number of nitrogens with two attached hydrogens (primary N) is 4. The van der Waals surface area contributed by atoms with Crippen molar-refractivity contribution < 1.29 is 14.3 Å². The van der Waals surface area contributed by atoms with Crippen LogP contribution in [0.1, 0.15) is 93.1 Å². The number of pyridine rings is 8. The molecule has 25 rings (SSSR count). The number of nitrogens with one attached hydrogen (secondary N) is 1. The number of benzene rings is 9. The molecule has 4 fully saturated rings. The fraction of sp³-hybridized carbons (Fsp3) is 0.232. The highest BCUT2D eigenvalue weighted by molar-refractivity contribution is 5.97. The number of carbonyl (C=O) groups excluding carboxylic acids is 2. The molecule has 24 nitrogen and oxygen atoms in total. The standard InChI is InChI=1S/C36H33N5O2.C31H32N6O.C30H31N5.C28H27N5/c37-30-12-7-19-41-33(22-25-17-20-40(21-18-25)36(42)43-24-26-8-3-1-4-9-26)39-34(35(30)41)29-14-13-28-15-16-31(38-32(28)23-29)27-10-5-2-6-11-27;1-35(2)20-28(38)36-17-14-23(15-18-36)31-34-29(30-25(32)9-6-16-37(30)31)24-11-10-22-12-13-26(33-27(22)19-24)21-7-4-3-5-8-21;1-2-34-17-14-21(15-18-34)19-28-33-29(30-25(31)9-6-16-35(28)30)24-11-10-23-12-13-26(32-27(23)20-24)22-7-4-3-5-8-22;29-23-7-4-16-33-26(17-19-12-14-30-15-13-19)32-27(28(23)33)22-9-8-21-10-11-24(31-25(21)18-22)20-5-2-1-3-6-20/h1-16,19,23,25H,17-18,20-22,24,37H2;3-13,16,19,23H,14-15,17-18,20,32H2,1-2H3;3-13,16,20-21H,2,14-15,17-19,31H2,1H3;1-11,16,18-19,30H,12-15,17,29H2. The molecule has 0 unspecified atom stereocenters. The van der Waals surface area contributed by atoms with Crippen LogP contribution >= 0.6 is 0 Å². The number of likely N-dealkylation sites (tertiary alicyclic amines) is 3. The largest absolute Gasteiger partial charge is 0.445 e. The van der Waals surface area contributed by atoms with Crippen molar-refractivity contribution in [1.82, 2.24) is 82.4 Å². The zero-order valence-corrected chi connectivity index (χ0v) is 84.5. The summed E-state index contributed by atoms with van der Waals surface area (Å²) in [5, 5.41) is 7.85. The Kier molecular flexibility index (Phi) is 28.5. The monoisotopic (exact) mass is 1970 g/mol. The number of aromatic nitrogens is 12. The third-order valence-corrected chi connectivity index (χ3v) is 29.9. The minimum Gasteiger partial charge on any atom is -0.445 e. The van der Waals surface area contributed by atoms with E-state index in [1.54, 1.807) is 0 Å². The van der Waals surface area contributed by atoms with Crippen molar-refractivity contribution in [1.29, 1.82) is 0 Å². The molecule has 0 aliphatic carbocycles. The number of nitrogen functional groups attached to an aromatic ring is 4. The van der Waals surface area contributed by atoms with E-state index in [0.717, 1.165) is 274 Å². The average molecular weight is 1970 g/mol. The first-order valence-corrected chi connectivity index (χ1v) is 52.3. The molecule has 4 saturated heterocycles. The summed E-state index contributed by atoms with van der Waals surface area (Å²) in [5.41, 5.74) is 53.5. The smallest absolute Gasteiger partial charge is 0.410 e. The number of hydrogen-bond acceptors (Lipinski definition) is 18. The highest BCUT2D eigenvalue weighted by Gasteiger charge is 2.32. The Labute approximate surface area is 867 Å². The van der Waals surface area contributed by atoms with Gasteiger partial charge in [0.05, 0.1) is 119 Å². The molecule has 21 aromatic rings. The molecule has 746 valence electrons. The maximum Gasteiger partial charge on any atom is 0.410 e. The van der Waals surface area contributed by atoms with Gasteiger partial charge in [0.1, 0.15) is 29.9 Å². The van der Waals surface area contributed by atoms with Crippen molar-refractivity contribution in [3.05, 3.63) is 375 Å².